The summed E-state index contributed by atoms with van der Waals surface area (Å²) in [7, 11) is 0. The molecule has 3 heterocycles. The molecule has 1 unspecified atom stereocenters. The second kappa shape index (κ2) is 4.88. The van der Waals surface area contributed by atoms with E-state index < -0.39 is 5.60 Å². The van der Waals surface area contributed by atoms with Gasteiger partial charge in [-0.1, -0.05) is 12.5 Å². The van der Waals surface area contributed by atoms with Gasteiger partial charge in [0.2, 0.25) is 0 Å². The molecule has 0 aromatic heterocycles. The molecule has 118 valence electrons. The smallest absolute Gasteiger partial charge is 0.411 e. The van der Waals surface area contributed by atoms with Crippen LogP contribution in [0.1, 0.15) is 47.0 Å². The summed E-state index contributed by atoms with van der Waals surface area (Å²) in [6.45, 7) is 8.88. The molecule has 1 aliphatic carbocycles. The highest BCUT2D eigenvalue weighted by molar-refractivity contribution is 5.71. The summed E-state index contributed by atoms with van der Waals surface area (Å²) < 4.78 is 5.63. The van der Waals surface area contributed by atoms with Crippen LogP contribution in [0.25, 0.3) is 0 Å². The maximum absolute atomic E-state index is 12.6. The molecule has 3 atom stereocenters. The molecule has 1 saturated carbocycles. The first-order valence-corrected chi connectivity index (χ1v) is 7.84. The van der Waals surface area contributed by atoms with Crippen molar-refractivity contribution >= 4 is 6.09 Å². The Kier molecular flexibility index (Phi) is 3.41. The van der Waals surface area contributed by atoms with Crippen molar-refractivity contribution < 1.29 is 15.0 Å². The van der Waals surface area contributed by atoms with Crippen LogP contribution < -0.4 is 11.0 Å². The summed E-state index contributed by atoms with van der Waals surface area (Å²) in [5.74, 6) is 0.665. The molecule has 4 aliphatic rings. The van der Waals surface area contributed by atoms with Gasteiger partial charge in [-0.05, 0) is 46.0 Å². The summed E-state index contributed by atoms with van der Waals surface area (Å²) in [5, 5.41) is 2.06. The van der Waals surface area contributed by atoms with Crippen LogP contribution in [0.5, 0.6) is 0 Å². The minimum absolute atomic E-state index is 0.0831. The lowest BCUT2D eigenvalue weighted by molar-refractivity contribution is -0.661. The van der Waals surface area contributed by atoms with E-state index in [2.05, 4.69) is 17.5 Å². The molecule has 0 aromatic rings. The van der Waals surface area contributed by atoms with Crippen LogP contribution in [-0.4, -0.2) is 39.7 Å². The molecular formula is C15H27N4O2+. The normalized spacial score (nSPS) is 34.9. The van der Waals surface area contributed by atoms with Crippen LogP contribution in [0, 0.1) is 5.92 Å². The van der Waals surface area contributed by atoms with E-state index in [9.17, 15) is 4.79 Å². The Labute approximate surface area is 126 Å². The second-order valence-electron chi connectivity index (χ2n) is 7.74. The lowest BCUT2D eigenvalue weighted by Gasteiger charge is -2.63. The predicted octanol–water partition coefficient (Wildman–Crippen LogP) is 0.934. The fraction of sp³-hybridized carbons (Fsp3) is 0.800. The zero-order valence-corrected chi connectivity index (χ0v) is 13.4. The molecule has 4 rings (SSSR count). The lowest BCUT2D eigenvalue weighted by Crippen LogP contribution is -2.88. The summed E-state index contributed by atoms with van der Waals surface area (Å²) in [5.41, 5.74) is 4.59. The van der Waals surface area contributed by atoms with Gasteiger partial charge >= 0.3 is 6.09 Å². The van der Waals surface area contributed by atoms with Gasteiger partial charge in [-0.2, -0.15) is 0 Å². The number of amides is 1. The molecule has 21 heavy (non-hydrogen) atoms. The highest BCUT2D eigenvalue weighted by Gasteiger charge is 2.59. The third kappa shape index (κ3) is 2.74. The van der Waals surface area contributed by atoms with E-state index in [1.165, 1.54) is 0 Å². The van der Waals surface area contributed by atoms with Crippen molar-refractivity contribution in [1.82, 2.24) is 15.4 Å². The summed E-state index contributed by atoms with van der Waals surface area (Å²) in [6, 6.07) is 0.346. The molecule has 6 nitrogen and oxygen atoms in total. The van der Waals surface area contributed by atoms with E-state index in [4.69, 9.17) is 4.74 Å². The predicted molar refractivity (Wildman–Crippen MR) is 78.5 cm³/mol. The summed E-state index contributed by atoms with van der Waals surface area (Å²) >= 11 is 0. The minimum Gasteiger partial charge on any atom is -0.444 e. The van der Waals surface area contributed by atoms with Crippen molar-refractivity contribution in [3.05, 3.63) is 12.4 Å². The molecule has 0 spiro atoms. The quantitative estimate of drug-likeness (QED) is 0.744. The highest BCUT2D eigenvalue weighted by atomic mass is 16.6. The van der Waals surface area contributed by atoms with Gasteiger partial charge in [0.05, 0.1) is 18.3 Å². The van der Waals surface area contributed by atoms with Gasteiger partial charge in [-0.3, -0.25) is 9.91 Å². The summed E-state index contributed by atoms with van der Waals surface area (Å²) in [4.78, 5) is 14.6. The molecule has 0 aromatic carbocycles. The summed E-state index contributed by atoms with van der Waals surface area (Å²) in [6.07, 6.45) is 7.08. The molecule has 1 amide bonds. The number of nitrogens with two attached hydrogens (primary N) is 1. The van der Waals surface area contributed by atoms with Crippen molar-refractivity contribution in [2.45, 2.75) is 64.1 Å². The van der Waals surface area contributed by atoms with E-state index >= 15 is 0 Å². The number of rotatable bonds is 2. The molecule has 6 heteroatoms. The van der Waals surface area contributed by atoms with E-state index in [1.54, 1.807) is 0 Å². The Bertz CT molecular complexity index is 459. The van der Waals surface area contributed by atoms with Gasteiger partial charge in [-0.15, -0.1) is 0 Å². The maximum Gasteiger partial charge on any atom is 0.411 e. The topological polar surface area (TPSA) is 61.4 Å². The van der Waals surface area contributed by atoms with Gasteiger partial charge in [0.25, 0.3) is 0 Å². The first-order chi connectivity index (χ1) is 9.79. The third-order valence-corrected chi connectivity index (χ3v) is 4.55. The number of fused-ring (bicyclic) bond motifs is 2. The fourth-order valence-corrected chi connectivity index (χ4v) is 4.07. The number of hydrogen-bond donors (Lipinski definition) is 2. The van der Waals surface area contributed by atoms with Crippen molar-refractivity contribution in [3.63, 3.8) is 0 Å². The Morgan fingerprint density at radius 1 is 1.48 bits per heavy atom. The Hall–Kier alpha value is -1.27. The van der Waals surface area contributed by atoms with Crippen molar-refractivity contribution in [2.75, 3.05) is 6.54 Å². The Morgan fingerprint density at radius 3 is 2.86 bits per heavy atom. The van der Waals surface area contributed by atoms with Gasteiger partial charge < -0.3 is 4.74 Å². The second-order valence-corrected chi connectivity index (χ2v) is 7.74. The number of carbonyl (C=O) groups excluding carboxylic acids is 1. The number of hydrazine groups is 1. The van der Waals surface area contributed by atoms with Crippen LogP contribution in [-0.2, 0) is 4.74 Å². The molecule has 3 aliphatic heterocycles. The van der Waals surface area contributed by atoms with Gasteiger partial charge in [0.15, 0.2) is 0 Å². The maximum atomic E-state index is 12.6. The monoisotopic (exact) mass is 295 g/mol. The highest BCUT2D eigenvalue weighted by Crippen LogP contribution is 2.50. The van der Waals surface area contributed by atoms with Crippen LogP contribution in [0.2, 0.25) is 0 Å². The van der Waals surface area contributed by atoms with Crippen molar-refractivity contribution in [3.8, 4) is 0 Å². The number of ether oxygens (including phenoxy) is 1. The van der Waals surface area contributed by atoms with Crippen LogP contribution in [0.3, 0.4) is 0 Å². The Balaban J connectivity index is 1.75. The molecule has 2 bridgehead atoms. The molecular weight excluding hydrogens is 268 g/mol. The molecule has 3 fully saturated rings. The zero-order chi connectivity index (χ0) is 15.3. The van der Waals surface area contributed by atoms with Crippen LogP contribution >= 0.6 is 0 Å². The van der Waals surface area contributed by atoms with Crippen LogP contribution in [0.15, 0.2) is 12.4 Å². The number of quaternary nitrogens is 1. The molecule has 3 N–H and O–H groups in total. The van der Waals surface area contributed by atoms with Crippen LogP contribution in [0.4, 0.5) is 4.79 Å². The van der Waals surface area contributed by atoms with Crippen molar-refractivity contribution in [2.24, 2.45) is 5.92 Å². The number of nitrogens with one attached hydrogen (secondary N) is 1. The van der Waals surface area contributed by atoms with E-state index in [0.29, 0.717) is 12.0 Å². The first-order valence-electron chi connectivity index (χ1n) is 7.84. The molecule has 2 saturated heterocycles. The largest absolute Gasteiger partial charge is 0.444 e. The average molecular weight is 295 g/mol. The Morgan fingerprint density at radius 2 is 2.24 bits per heavy atom. The van der Waals surface area contributed by atoms with E-state index in [0.717, 1.165) is 25.8 Å². The SMILES string of the molecule is C[C@@H]1C[C@@H]2CC(CN3C=C[NH2+]N3)(C1)N2C(=O)OC(C)(C)C. The van der Waals surface area contributed by atoms with Gasteiger partial charge in [0, 0.05) is 6.04 Å². The van der Waals surface area contributed by atoms with E-state index in [1.807, 2.05) is 43.5 Å². The number of hydrogen-bond acceptors (Lipinski definition) is 4. The number of piperidine rings is 1. The van der Waals surface area contributed by atoms with Crippen molar-refractivity contribution in [1.29, 1.82) is 0 Å². The fourth-order valence-electron chi connectivity index (χ4n) is 4.07. The van der Waals surface area contributed by atoms with Gasteiger partial charge in [-0.25, -0.2) is 10.2 Å². The zero-order valence-electron chi connectivity index (χ0n) is 13.4. The lowest BCUT2D eigenvalue weighted by atomic mass is 9.64. The minimum atomic E-state index is -0.437. The standard InChI is InChI=1S/C15H26N4O2/c1-11-7-12-9-15(8-11,10-18-6-5-16-17-18)19(12)13(20)21-14(2,3)4/h5-6,11-12,16-17H,7-10H2,1-4H3/p+1/t11-,12-,15?/m1/s1. The third-order valence-electron chi connectivity index (χ3n) is 4.55. The first kappa shape index (κ1) is 14.7. The number of nitrogens with zero attached hydrogens (tertiary/aromatic N) is 2. The van der Waals surface area contributed by atoms with Gasteiger partial charge in [0.1, 0.15) is 11.8 Å². The average Bonchev–Trinajstić information content (AvgIpc) is 2.77. The molecule has 0 radical (unpaired) electrons. The van der Waals surface area contributed by atoms with E-state index in [-0.39, 0.29) is 11.6 Å². The number of carbonyl (C=O) groups is 1.